The number of likely N-dealkylation sites (tertiary alicyclic amines) is 1. The maximum Gasteiger partial charge on any atom is 0.265 e. The second-order valence-corrected chi connectivity index (χ2v) is 12.7. The number of rotatable bonds is 5. The van der Waals surface area contributed by atoms with E-state index in [0.717, 1.165) is 57.3 Å². The summed E-state index contributed by atoms with van der Waals surface area (Å²) >= 11 is 1.37. The Kier molecular flexibility index (Phi) is 7.03. The maximum absolute atomic E-state index is 13.5. The van der Waals surface area contributed by atoms with Gasteiger partial charge in [-0.3, -0.25) is 4.79 Å². The summed E-state index contributed by atoms with van der Waals surface area (Å²) in [6.07, 6.45) is 7.23. The molecule has 2 aliphatic rings. The number of nitrogens with zero attached hydrogens (tertiary/aromatic N) is 4. The molecule has 182 valence electrons. The number of thiazole rings is 1. The van der Waals surface area contributed by atoms with Crippen LogP contribution < -0.4 is 0 Å². The van der Waals surface area contributed by atoms with Gasteiger partial charge >= 0.3 is 0 Å². The van der Waals surface area contributed by atoms with E-state index in [1.165, 1.54) is 17.8 Å². The standard InChI is InChI=1S/C24H36N4O3S2/c1-16-11-13-28(14-12-16)24(29)22-17(2)25-23(32-22)20-15-21(18(3)26(20)4)33(30,31)27(5)19-9-7-6-8-10-19/h15-16,19H,6-14H2,1-5H3. The zero-order chi connectivity index (χ0) is 23.9. The molecule has 1 amide bonds. The van der Waals surface area contributed by atoms with Gasteiger partial charge in [0.1, 0.15) is 14.8 Å². The van der Waals surface area contributed by atoms with Gasteiger partial charge in [-0.15, -0.1) is 11.3 Å². The van der Waals surface area contributed by atoms with Gasteiger partial charge in [0.05, 0.1) is 11.4 Å². The van der Waals surface area contributed by atoms with Gasteiger partial charge in [-0.25, -0.2) is 13.4 Å². The van der Waals surface area contributed by atoms with E-state index in [1.807, 2.05) is 30.4 Å². The highest BCUT2D eigenvalue weighted by Crippen LogP contribution is 2.35. The van der Waals surface area contributed by atoms with Crippen LogP contribution >= 0.6 is 11.3 Å². The van der Waals surface area contributed by atoms with Gasteiger partial charge in [0.2, 0.25) is 10.0 Å². The molecule has 0 radical (unpaired) electrons. The van der Waals surface area contributed by atoms with Gasteiger partial charge in [0, 0.05) is 38.9 Å². The van der Waals surface area contributed by atoms with Crippen molar-refractivity contribution in [2.45, 2.75) is 76.7 Å². The number of sulfonamides is 1. The molecule has 0 atom stereocenters. The van der Waals surface area contributed by atoms with Gasteiger partial charge in [-0.05, 0) is 51.5 Å². The first-order valence-electron chi connectivity index (χ1n) is 12.0. The monoisotopic (exact) mass is 492 g/mol. The third-order valence-corrected chi connectivity index (χ3v) is 10.7. The molecule has 2 aromatic heterocycles. The van der Waals surface area contributed by atoms with E-state index in [-0.39, 0.29) is 11.9 Å². The quantitative estimate of drug-likeness (QED) is 0.612. The van der Waals surface area contributed by atoms with Crippen molar-refractivity contribution in [2.75, 3.05) is 20.1 Å². The molecular weight excluding hydrogens is 456 g/mol. The predicted molar refractivity (Wildman–Crippen MR) is 132 cm³/mol. The van der Waals surface area contributed by atoms with Crippen LogP contribution in [0.3, 0.4) is 0 Å². The van der Waals surface area contributed by atoms with E-state index in [1.54, 1.807) is 17.4 Å². The Morgan fingerprint density at radius 2 is 1.76 bits per heavy atom. The average Bonchev–Trinajstić information content (AvgIpc) is 3.33. The first-order chi connectivity index (χ1) is 15.6. The first-order valence-corrected chi connectivity index (χ1v) is 14.3. The highest BCUT2D eigenvalue weighted by molar-refractivity contribution is 7.89. The minimum atomic E-state index is -3.61. The van der Waals surface area contributed by atoms with Gasteiger partial charge in [-0.1, -0.05) is 26.2 Å². The van der Waals surface area contributed by atoms with Crippen molar-refractivity contribution >= 4 is 27.3 Å². The highest BCUT2D eigenvalue weighted by atomic mass is 32.2. The summed E-state index contributed by atoms with van der Waals surface area (Å²) in [6.45, 7) is 7.50. The molecule has 7 nitrogen and oxygen atoms in total. The van der Waals surface area contributed by atoms with Crippen LogP contribution in [0.15, 0.2) is 11.0 Å². The summed E-state index contributed by atoms with van der Waals surface area (Å²) in [5.41, 5.74) is 2.14. The minimum Gasteiger partial charge on any atom is -0.345 e. The second kappa shape index (κ2) is 9.50. The molecule has 4 rings (SSSR count). The van der Waals surface area contributed by atoms with E-state index in [2.05, 4.69) is 11.9 Å². The number of aromatic nitrogens is 2. The molecule has 0 aromatic carbocycles. The first kappa shape index (κ1) is 24.4. The lowest BCUT2D eigenvalue weighted by molar-refractivity contribution is 0.0701. The van der Waals surface area contributed by atoms with Crippen LogP contribution in [0.1, 0.15) is 72.9 Å². The Labute approximate surface area is 201 Å². The van der Waals surface area contributed by atoms with Crippen molar-refractivity contribution in [3.63, 3.8) is 0 Å². The summed E-state index contributed by atoms with van der Waals surface area (Å²) in [4.78, 5) is 20.7. The van der Waals surface area contributed by atoms with Crippen LogP contribution in [0.5, 0.6) is 0 Å². The van der Waals surface area contributed by atoms with Crippen LogP contribution in [0.4, 0.5) is 0 Å². The molecule has 1 aliphatic heterocycles. The van der Waals surface area contributed by atoms with Gasteiger partial charge in [0.25, 0.3) is 5.91 Å². The summed E-state index contributed by atoms with van der Waals surface area (Å²) in [5, 5.41) is 0.689. The van der Waals surface area contributed by atoms with E-state index in [4.69, 9.17) is 0 Å². The SMILES string of the molecule is Cc1nc(-c2cc(S(=O)(=O)N(C)C3CCCCC3)c(C)n2C)sc1C(=O)N1CCC(C)CC1. The van der Waals surface area contributed by atoms with Crippen molar-refractivity contribution in [2.24, 2.45) is 13.0 Å². The van der Waals surface area contributed by atoms with E-state index in [9.17, 15) is 13.2 Å². The molecule has 1 saturated carbocycles. The van der Waals surface area contributed by atoms with Crippen molar-refractivity contribution in [3.8, 4) is 10.7 Å². The second-order valence-electron chi connectivity index (χ2n) is 9.76. The minimum absolute atomic E-state index is 0.0407. The number of hydrogen-bond donors (Lipinski definition) is 0. The molecule has 0 bridgehead atoms. The number of aryl methyl sites for hydroxylation is 1. The largest absolute Gasteiger partial charge is 0.345 e. The van der Waals surface area contributed by atoms with Crippen LogP contribution in [-0.2, 0) is 17.1 Å². The van der Waals surface area contributed by atoms with Crippen molar-refractivity contribution in [1.82, 2.24) is 18.8 Å². The van der Waals surface area contributed by atoms with E-state index in [0.29, 0.717) is 32.1 Å². The molecule has 0 unspecified atom stereocenters. The summed E-state index contributed by atoms with van der Waals surface area (Å²) < 4.78 is 30.4. The summed E-state index contributed by atoms with van der Waals surface area (Å²) in [6, 6.07) is 1.80. The molecule has 0 N–H and O–H groups in total. The van der Waals surface area contributed by atoms with Crippen LogP contribution in [-0.4, -0.2) is 59.3 Å². The zero-order valence-electron chi connectivity index (χ0n) is 20.4. The Morgan fingerprint density at radius 3 is 2.39 bits per heavy atom. The smallest absolute Gasteiger partial charge is 0.265 e. The van der Waals surface area contributed by atoms with Crippen LogP contribution in [0, 0.1) is 19.8 Å². The topological polar surface area (TPSA) is 75.5 Å². The van der Waals surface area contributed by atoms with Crippen molar-refractivity contribution in [1.29, 1.82) is 0 Å². The molecule has 33 heavy (non-hydrogen) atoms. The fraction of sp³-hybridized carbons (Fsp3) is 0.667. The third-order valence-electron chi connectivity index (χ3n) is 7.52. The number of carbonyl (C=O) groups excluding carboxylic acids is 1. The van der Waals surface area contributed by atoms with Gasteiger partial charge in [-0.2, -0.15) is 4.31 Å². The van der Waals surface area contributed by atoms with E-state index >= 15 is 0 Å². The molecule has 3 heterocycles. The van der Waals surface area contributed by atoms with Crippen molar-refractivity contribution < 1.29 is 13.2 Å². The highest BCUT2D eigenvalue weighted by Gasteiger charge is 2.33. The number of amides is 1. The number of hydrogen-bond acceptors (Lipinski definition) is 5. The molecule has 9 heteroatoms. The Morgan fingerprint density at radius 1 is 1.12 bits per heavy atom. The van der Waals surface area contributed by atoms with Gasteiger partial charge < -0.3 is 9.47 Å². The third kappa shape index (κ3) is 4.64. The molecule has 1 aliphatic carbocycles. The molecule has 2 aromatic rings. The Bertz CT molecular complexity index is 1120. The maximum atomic E-state index is 13.5. The lowest BCUT2D eigenvalue weighted by atomic mass is 9.96. The van der Waals surface area contributed by atoms with Crippen molar-refractivity contribution in [3.05, 3.63) is 22.3 Å². The number of carbonyl (C=O) groups is 1. The molecule has 1 saturated heterocycles. The van der Waals surface area contributed by atoms with E-state index < -0.39 is 10.0 Å². The molecule has 2 fully saturated rings. The average molecular weight is 493 g/mol. The normalized spacial score (nSPS) is 18.9. The lowest BCUT2D eigenvalue weighted by Gasteiger charge is -2.30. The Balaban J connectivity index is 1.63. The summed E-state index contributed by atoms with van der Waals surface area (Å²) in [5.74, 6) is 0.699. The summed E-state index contributed by atoms with van der Waals surface area (Å²) in [7, 11) is -0.0277. The fourth-order valence-corrected chi connectivity index (χ4v) is 7.76. The fourth-order valence-electron chi connectivity index (χ4n) is 4.99. The predicted octanol–water partition coefficient (Wildman–Crippen LogP) is 4.59. The van der Waals surface area contributed by atoms with Gasteiger partial charge in [0.15, 0.2) is 0 Å². The van der Waals surface area contributed by atoms with Crippen LogP contribution in [0.2, 0.25) is 0 Å². The zero-order valence-corrected chi connectivity index (χ0v) is 22.1. The molecule has 0 spiro atoms. The van der Waals surface area contributed by atoms with Crippen LogP contribution in [0.25, 0.3) is 10.7 Å². The Hall–Kier alpha value is -1.71. The number of piperidine rings is 1. The molecular formula is C24H36N4O3S2. The lowest BCUT2D eigenvalue weighted by Crippen LogP contribution is -2.38.